The highest BCUT2D eigenvalue weighted by Crippen LogP contribution is 2.26. The van der Waals surface area contributed by atoms with E-state index in [0.29, 0.717) is 35.1 Å². The monoisotopic (exact) mass is 425 g/mol. The smallest absolute Gasteiger partial charge is 0.268 e. The molecule has 0 bridgehead atoms. The SMILES string of the molecule is CCCNC(=O)c1[nH]c2cc(Cl)ccc2c1/C=C/C(=O)NCc1ccccc1OC. The maximum Gasteiger partial charge on any atom is 0.268 e. The van der Waals surface area contributed by atoms with Crippen LogP contribution >= 0.6 is 11.6 Å². The van der Waals surface area contributed by atoms with Crippen molar-refractivity contribution < 1.29 is 14.3 Å². The number of carbonyl (C=O) groups is 2. The van der Waals surface area contributed by atoms with Crippen molar-refractivity contribution in [1.82, 2.24) is 15.6 Å². The van der Waals surface area contributed by atoms with Crippen molar-refractivity contribution in [2.24, 2.45) is 0 Å². The van der Waals surface area contributed by atoms with E-state index in [9.17, 15) is 9.59 Å². The van der Waals surface area contributed by atoms with Gasteiger partial charge in [-0.2, -0.15) is 0 Å². The van der Waals surface area contributed by atoms with Crippen LogP contribution in [-0.4, -0.2) is 30.5 Å². The van der Waals surface area contributed by atoms with Crippen LogP contribution in [-0.2, 0) is 11.3 Å². The Morgan fingerprint density at radius 2 is 1.97 bits per heavy atom. The number of rotatable bonds is 8. The summed E-state index contributed by atoms with van der Waals surface area (Å²) in [4.78, 5) is 28.1. The van der Waals surface area contributed by atoms with Crippen LogP contribution in [0.5, 0.6) is 5.75 Å². The van der Waals surface area contributed by atoms with Crippen LogP contribution in [0.25, 0.3) is 17.0 Å². The number of para-hydroxylation sites is 1. The van der Waals surface area contributed by atoms with E-state index in [1.807, 2.05) is 37.3 Å². The molecule has 0 saturated carbocycles. The predicted molar refractivity (Wildman–Crippen MR) is 120 cm³/mol. The molecule has 0 aliphatic rings. The maximum absolute atomic E-state index is 12.6. The Morgan fingerprint density at radius 1 is 1.17 bits per heavy atom. The van der Waals surface area contributed by atoms with E-state index in [2.05, 4.69) is 15.6 Å². The van der Waals surface area contributed by atoms with Gasteiger partial charge in [0.2, 0.25) is 5.91 Å². The van der Waals surface area contributed by atoms with E-state index in [1.54, 1.807) is 25.3 Å². The fraction of sp³-hybridized carbons (Fsp3) is 0.217. The maximum atomic E-state index is 12.6. The number of methoxy groups -OCH3 is 1. The molecule has 1 aromatic heterocycles. The van der Waals surface area contributed by atoms with Gasteiger partial charge in [-0.05, 0) is 30.7 Å². The van der Waals surface area contributed by atoms with Crippen LogP contribution in [0, 0.1) is 0 Å². The molecule has 156 valence electrons. The molecule has 3 rings (SSSR count). The zero-order chi connectivity index (χ0) is 21.5. The second kappa shape index (κ2) is 9.98. The molecule has 1 heterocycles. The van der Waals surface area contributed by atoms with Gasteiger partial charge in [-0.1, -0.05) is 42.8 Å². The minimum Gasteiger partial charge on any atom is -0.496 e. The lowest BCUT2D eigenvalue weighted by Crippen LogP contribution is -2.25. The van der Waals surface area contributed by atoms with Crippen LogP contribution in [0.4, 0.5) is 0 Å². The van der Waals surface area contributed by atoms with Crippen LogP contribution in [0.1, 0.15) is 35.0 Å². The largest absolute Gasteiger partial charge is 0.496 e. The normalized spacial score (nSPS) is 11.0. The van der Waals surface area contributed by atoms with Crippen molar-refractivity contribution in [1.29, 1.82) is 0 Å². The number of ether oxygens (including phenoxy) is 1. The molecule has 0 unspecified atom stereocenters. The Kier molecular flexibility index (Phi) is 7.14. The molecule has 0 saturated heterocycles. The lowest BCUT2D eigenvalue weighted by molar-refractivity contribution is -0.116. The van der Waals surface area contributed by atoms with Gasteiger partial charge >= 0.3 is 0 Å². The van der Waals surface area contributed by atoms with Gasteiger partial charge in [0.05, 0.1) is 7.11 Å². The number of H-pyrrole nitrogens is 1. The topological polar surface area (TPSA) is 83.2 Å². The molecular weight excluding hydrogens is 402 g/mol. The van der Waals surface area contributed by atoms with Crippen molar-refractivity contribution in [2.45, 2.75) is 19.9 Å². The zero-order valence-electron chi connectivity index (χ0n) is 16.9. The molecule has 3 aromatic rings. The summed E-state index contributed by atoms with van der Waals surface area (Å²) in [5.74, 6) is 0.215. The van der Waals surface area contributed by atoms with Crippen molar-refractivity contribution in [3.8, 4) is 5.75 Å². The first kappa shape index (κ1) is 21.5. The number of nitrogens with one attached hydrogen (secondary N) is 3. The summed E-state index contributed by atoms with van der Waals surface area (Å²) in [7, 11) is 1.59. The number of aromatic amines is 1. The van der Waals surface area contributed by atoms with Crippen LogP contribution in [0.15, 0.2) is 48.5 Å². The molecule has 30 heavy (non-hydrogen) atoms. The summed E-state index contributed by atoms with van der Waals surface area (Å²) >= 11 is 6.08. The molecule has 2 amide bonds. The first-order valence-corrected chi connectivity index (χ1v) is 10.1. The van der Waals surface area contributed by atoms with Crippen molar-refractivity contribution in [2.75, 3.05) is 13.7 Å². The van der Waals surface area contributed by atoms with Gasteiger partial charge in [0.25, 0.3) is 5.91 Å². The van der Waals surface area contributed by atoms with Gasteiger partial charge in [-0.3, -0.25) is 9.59 Å². The lowest BCUT2D eigenvalue weighted by atomic mass is 10.1. The van der Waals surface area contributed by atoms with E-state index >= 15 is 0 Å². The summed E-state index contributed by atoms with van der Waals surface area (Å²) < 4.78 is 5.30. The average molecular weight is 426 g/mol. The number of hydrogen-bond acceptors (Lipinski definition) is 3. The van der Waals surface area contributed by atoms with Gasteiger partial charge < -0.3 is 20.4 Å². The highest BCUT2D eigenvalue weighted by molar-refractivity contribution is 6.31. The van der Waals surface area contributed by atoms with E-state index in [4.69, 9.17) is 16.3 Å². The van der Waals surface area contributed by atoms with E-state index in [-0.39, 0.29) is 11.8 Å². The Hall–Kier alpha value is -3.25. The average Bonchev–Trinajstić information content (AvgIpc) is 3.12. The van der Waals surface area contributed by atoms with Gasteiger partial charge in [-0.25, -0.2) is 0 Å². The van der Waals surface area contributed by atoms with Gasteiger partial charge in [0.15, 0.2) is 0 Å². The zero-order valence-corrected chi connectivity index (χ0v) is 17.7. The predicted octanol–water partition coefficient (Wildman–Crippen LogP) is 4.30. The van der Waals surface area contributed by atoms with Crippen molar-refractivity contribution >= 4 is 40.4 Å². The third-order valence-corrected chi connectivity index (χ3v) is 4.85. The number of benzene rings is 2. The van der Waals surface area contributed by atoms with Gasteiger partial charge in [0, 0.05) is 46.2 Å². The molecular formula is C23H24ClN3O3. The summed E-state index contributed by atoms with van der Waals surface area (Å²) in [6.45, 7) is 2.89. The molecule has 0 atom stereocenters. The van der Waals surface area contributed by atoms with Gasteiger partial charge in [0.1, 0.15) is 11.4 Å². The molecule has 0 fully saturated rings. The summed E-state index contributed by atoms with van der Waals surface area (Å²) in [5, 5.41) is 7.08. The third-order valence-electron chi connectivity index (χ3n) is 4.61. The number of halogens is 1. The minimum absolute atomic E-state index is 0.224. The Labute approximate surface area is 180 Å². The summed E-state index contributed by atoms with van der Waals surface area (Å²) in [6, 6.07) is 12.8. The second-order valence-corrected chi connectivity index (χ2v) is 7.16. The Bertz CT molecular complexity index is 1090. The summed E-state index contributed by atoms with van der Waals surface area (Å²) in [6.07, 6.45) is 3.89. The molecule has 0 aliphatic carbocycles. The molecule has 0 aliphatic heterocycles. The molecule has 7 heteroatoms. The number of carbonyl (C=O) groups excluding carboxylic acids is 2. The first-order chi connectivity index (χ1) is 14.5. The Morgan fingerprint density at radius 3 is 2.73 bits per heavy atom. The minimum atomic E-state index is -0.274. The number of hydrogen-bond donors (Lipinski definition) is 3. The quantitative estimate of drug-likeness (QED) is 0.470. The second-order valence-electron chi connectivity index (χ2n) is 6.72. The molecule has 0 spiro atoms. The number of aromatic nitrogens is 1. The van der Waals surface area contributed by atoms with E-state index in [0.717, 1.165) is 22.9 Å². The van der Waals surface area contributed by atoms with E-state index in [1.165, 1.54) is 6.08 Å². The first-order valence-electron chi connectivity index (χ1n) is 9.70. The highest BCUT2D eigenvalue weighted by atomic mass is 35.5. The Balaban J connectivity index is 1.81. The fourth-order valence-electron chi connectivity index (χ4n) is 3.12. The van der Waals surface area contributed by atoms with Crippen LogP contribution in [0.2, 0.25) is 5.02 Å². The van der Waals surface area contributed by atoms with E-state index < -0.39 is 0 Å². The van der Waals surface area contributed by atoms with Crippen LogP contribution < -0.4 is 15.4 Å². The molecule has 3 N–H and O–H groups in total. The molecule has 0 radical (unpaired) electrons. The molecule has 2 aromatic carbocycles. The number of fused-ring (bicyclic) bond motifs is 1. The lowest BCUT2D eigenvalue weighted by Gasteiger charge is -2.08. The number of amides is 2. The van der Waals surface area contributed by atoms with Crippen molar-refractivity contribution in [3.05, 3.63) is 70.4 Å². The van der Waals surface area contributed by atoms with Crippen molar-refractivity contribution in [3.63, 3.8) is 0 Å². The highest BCUT2D eigenvalue weighted by Gasteiger charge is 2.16. The standard InChI is InChI=1S/C23H24ClN3O3/c1-3-12-25-23(29)22-18(17-9-8-16(24)13-19(17)27-22)10-11-21(28)26-14-15-6-4-5-7-20(15)30-2/h4-11,13,27H,3,12,14H2,1-2H3,(H,25,29)(H,26,28)/b11-10+. The molecule has 6 nitrogen and oxygen atoms in total. The third kappa shape index (κ3) is 5.02. The summed E-state index contributed by atoms with van der Waals surface area (Å²) in [5.41, 5.74) is 2.65. The fourth-order valence-corrected chi connectivity index (χ4v) is 3.29. The van der Waals surface area contributed by atoms with Gasteiger partial charge in [-0.15, -0.1) is 0 Å². The van der Waals surface area contributed by atoms with Crippen LogP contribution in [0.3, 0.4) is 0 Å².